The highest BCUT2D eigenvalue weighted by molar-refractivity contribution is 5.44. The molecule has 1 N–H and O–H groups in total. The number of benzene rings is 2. The van der Waals surface area contributed by atoms with Crippen molar-refractivity contribution in [2.75, 3.05) is 0 Å². The van der Waals surface area contributed by atoms with E-state index in [-0.39, 0.29) is 18.1 Å². The zero-order chi connectivity index (χ0) is 18.7. The van der Waals surface area contributed by atoms with Gasteiger partial charge in [0.15, 0.2) is 5.79 Å². The van der Waals surface area contributed by atoms with Gasteiger partial charge in [0.25, 0.3) is 0 Å². The Labute approximate surface area is 155 Å². The topological polar surface area (TPSA) is 62.5 Å². The van der Waals surface area contributed by atoms with Crippen molar-refractivity contribution in [2.24, 2.45) is 0 Å². The van der Waals surface area contributed by atoms with Crippen LogP contribution < -0.4 is 4.74 Å². The van der Waals surface area contributed by atoms with Gasteiger partial charge in [-0.15, -0.1) is 0 Å². The molecule has 1 aliphatic carbocycles. The first-order valence-electron chi connectivity index (χ1n) is 9.05. The lowest BCUT2D eigenvalue weighted by atomic mass is 9.91. The molecule has 4 heteroatoms. The van der Waals surface area contributed by atoms with Crippen LogP contribution in [0.3, 0.4) is 0 Å². The third-order valence-corrected chi connectivity index (χ3v) is 4.83. The first-order valence-corrected chi connectivity index (χ1v) is 9.05. The van der Waals surface area contributed by atoms with Gasteiger partial charge in [0.2, 0.25) is 0 Å². The molecule has 0 bridgehead atoms. The molecule has 3 rings (SSSR count). The van der Waals surface area contributed by atoms with Gasteiger partial charge in [0.05, 0.1) is 17.7 Å². The molecule has 0 aliphatic heterocycles. The molecule has 0 spiro atoms. The second-order valence-corrected chi connectivity index (χ2v) is 7.32. The molecule has 26 heavy (non-hydrogen) atoms. The van der Waals surface area contributed by atoms with Crippen LogP contribution in [0.2, 0.25) is 0 Å². The van der Waals surface area contributed by atoms with E-state index in [4.69, 9.17) is 9.47 Å². The zero-order valence-electron chi connectivity index (χ0n) is 15.5. The van der Waals surface area contributed by atoms with Gasteiger partial charge in [0, 0.05) is 18.4 Å². The summed E-state index contributed by atoms with van der Waals surface area (Å²) < 4.78 is 11.9. The predicted octanol–water partition coefficient (Wildman–Crippen LogP) is 4.47. The summed E-state index contributed by atoms with van der Waals surface area (Å²) in [7, 11) is 0. The average Bonchev–Trinajstić information content (AvgIpc) is 2.60. The van der Waals surface area contributed by atoms with Gasteiger partial charge in [-0.05, 0) is 36.6 Å². The first kappa shape index (κ1) is 18.4. The van der Waals surface area contributed by atoms with Gasteiger partial charge >= 0.3 is 0 Å². The lowest BCUT2D eigenvalue weighted by molar-refractivity contribution is -0.251. The summed E-state index contributed by atoms with van der Waals surface area (Å²) in [6.45, 7) is 5.81. The van der Waals surface area contributed by atoms with Crippen LogP contribution in [0.5, 0.6) is 5.75 Å². The van der Waals surface area contributed by atoms with E-state index in [0.29, 0.717) is 5.56 Å². The molecule has 0 radical (unpaired) electrons. The number of nitriles is 1. The van der Waals surface area contributed by atoms with Crippen molar-refractivity contribution in [2.45, 2.75) is 57.5 Å². The SMILES string of the molecule is CC(C)c1cc(OC2CC(OC(C)(O)c3ccccc3)C2)ccc1C#N. The lowest BCUT2D eigenvalue weighted by Gasteiger charge is -2.39. The number of aliphatic hydroxyl groups is 1. The third kappa shape index (κ3) is 4.07. The fourth-order valence-corrected chi connectivity index (χ4v) is 3.24. The molecule has 2 aromatic rings. The Kier molecular flexibility index (Phi) is 5.31. The van der Waals surface area contributed by atoms with Gasteiger partial charge in [0.1, 0.15) is 11.9 Å². The standard InChI is InChI=1S/C22H25NO3/c1-15(2)21-13-18(10-9-16(21)14-23)25-19-11-20(12-19)26-22(3,24)17-7-5-4-6-8-17/h4-10,13,15,19-20,24H,11-12H2,1-3H3. The van der Waals surface area contributed by atoms with Gasteiger partial charge in [-0.1, -0.05) is 44.2 Å². The minimum Gasteiger partial charge on any atom is -0.490 e. The van der Waals surface area contributed by atoms with Crippen LogP contribution in [0.4, 0.5) is 0 Å². The molecular weight excluding hydrogens is 326 g/mol. The van der Waals surface area contributed by atoms with Crippen LogP contribution in [0, 0.1) is 11.3 Å². The summed E-state index contributed by atoms with van der Waals surface area (Å²) in [5.41, 5.74) is 2.45. The molecule has 1 unspecified atom stereocenters. The van der Waals surface area contributed by atoms with E-state index >= 15 is 0 Å². The smallest absolute Gasteiger partial charge is 0.189 e. The monoisotopic (exact) mass is 351 g/mol. The molecular formula is C22H25NO3. The van der Waals surface area contributed by atoms with Crippen LogP contribution in [0.25, 0.3) is 0 Å². The summed E-state index contributed by atoms with van der Waals surface area (Å²) >= 11 is 0. The van der Waals surface area contributed by atoms with Crippen molar-refractivity contribution < 1.29 is 14.6 Å². The third-order valence-electron chi connectivity index (χ3n) is 4.83. The summed E-state index contributed by atoms with van der Waals surface area (Å²) in [6.07, 6.45) is 1.51. The second kappa shape index (κ2) is 7.49. The lowest BCUT2D eigenvalue weighted by Crippen LogP contribution is -2.44. The Morgan fingerprint density at radius 2 is 1.81 bits per heavy atom. The molecule has 0 saturated heterocycles. The Morgan fingerprint density at radius 3 is 2.42 bits per heavy atom. The van der Waals surface area contributed by atoms with Gasteiger partial charge in [-0.2, -0.15) is 5.26 Å². The van der Waals surface area contributed by atoms with E-state index in [1.165, 1.54) is 0 Å². The fourth-order valence-electron chi connectivity index (χ4n) is 3.24. The Balaban J connectivity index is 1.56. The highest BCUT2D eigenvalue weighted by atomic mass is 16.6. The van der Waals surface area contributed by atoms with Crippen LogP contribution in [-0.4, -0.2) is 17.3 Å². The molecule has 0 heterocycles. The van der Waals surface area contributed by atoms with Crippen LogP contribution in [0.1, 0.15) is 56.2 Å². The minimum absolute atomic E-state index is 0.0295. The molecule has 0 amide bonds. The quantitative estimate of drug-likeness (QED) is 0.780. The molecule has 2 aromatic carbocycles. The molecule has 1 saturated carbocycles. The summed E-state index contributed by atoms with van der Waals surface area (Å²) in [4.78, 5) is 0. The molecule has 1 atom stereocenters. The van der Waals surface area contributed by atoms with Crippen LogP contribution >= 0.6 is 0 Å². The van der Waals surface area contributed by atoms with E-state index < -0.39 is 5.79 Å². The summed E-state index contributed by atoms with van der Waals surface area (Å²) in [6, 6.07) is 17.2. The van der Waals surface area contributed by atoms with Crippen molar-refractivity contribution in [1.29, 1.82) is 5.26 Å². The van der Waals surface area contributed by atoms with Gasteiger partial charge in [-0.25, -0.2) is 0 Å². The maximum atomic E-state index is 10.6. The fraction of sp³-hybridized carbons (Fsp3) is 0.409. The highest BCUT2D eigenvalue weighted by Crippen LogP contribution is 2.35. The highest BCUT2D eigenvalue weighted by Gasteiger charge is 2.37. The largest absolute Gasteiger partial charge is 0.490 e. The Morgan fingerprint density at radius 1 is 1.12 bits per heavy atom. The van der Waals surface area contributed by atoms with E-state index in [0.717, 1.165) is 29.7 Å². The summed E-state index contributed by atoms with van der Waals surface area (Å²) in [5.74, 6) is -0.242. The normalized spacial score (nSPS) is 21.5. The van der Waals surface area contributed by atoms with Crippen LogP contribution in [0.15, 0.2) is 48.5 Å². The van der Waals surface area contributed by atoms with E-state index in [1.54, 1.807) is 6.92 Å². The van der Waals surface area contributed by atoms with Crippen molar-refractivity contribution >= 4 is 0 Å². The van der Waals surface area contributed by atoms with Crippen molar-refractivity contribution in [1.82, 2.24) is 0 Å². The average molecular weight is 351 g/mol. The van der Waals surface area contributed by atoms with Crippen molar-refractivity contribution in [3.05, 3.63) is 65.2 Å². The van der Waals surface area contributed by atoms with Gasteiger partial charge < -0.3 is 14.6 Å². The predicted molar refractivity (Wildman–Crippen MR) is 99.8 cm³/mol. The molecule has 1 fully saturated rings. The molecule has 1 aliphatic rings. The molecule has 4 nitrogen and oxygen atoms in total. The van der Waals surface area contributed by atoms with Crippen LogP contribution in [-0.2, 0) is 10.5 Å². The Bertz CT molecular complexity index is 787. The summed E-state index contributed by atoms with van der Waals surface area (Å²) in [5, 5.41) is 19.8. The number of nitrogens with zero attached hydrogens (tertiary/aromatic N) is 1. The van der Waals surface area contributed by atoms with Crippen molar-refractivity contribution in [3.63, 3.8) is 0 Å². The number of rotatable bonds is 6. The maximum absolute atomic E-state index is 10.6. The minimum atomic E-state index is -1.30. The number of hydrogen-bond donors (Lipinski definition) is 1. The number of hydrogen-bond acceptors (Lipinski definition) is 4. The second-order valence-electron chi connectivity index (χ2n) is 7.32. The molecule has 136 valence electrons. The van der Waals surface area contributed by atoms with Crippen molar-refractivity contribution in [3.8, 4) is 11.8 Å². The first-order chi connectivity index (χ1) is 12.4. The van der Waals surface area contributed by atoms with E-state index in [1.807, 2.05) is 48.5 Å². The van der Waals surface area contributed by atoms with E-state index in [9.17, 15) is 10.4 Å². The Hall–Kier alpha value is -2.35. The molecule has 0 aromatic heterocycles. The van der Waals surface area contributed by atoms with Gasteiger partial charge in [-0.3, -0.25) is 0 Å². The van der Waals surface area contributed by atoms with E-state index in [2.05, 4.69) is 19.9 Å². The maximum Gasteiger partial charge on any atom is 0.189 e. The number of ether oxygens (including phenoxy) is 2. The zero-order valence-corrected chi connectivity index (χ0v) is 15.5.